The first-order valence-corrected chi connectivity index (χ1v) is 13.6. The van der Waals surface area contributed by atoms with Crippen molar-refractivity contribution >= 4 is 19.8 Å². The van der Waals surface area contributed by atoms with Crippen molar-refractivity contribution in [2.45, 2.75) is 57.8 Å². The summed E-state index contributed by atoms with van der Waals surface area (Å²) < 4.78 is 48.6. The number of rotatable bonds is 12. The van der Waals surface area contributed by atoms with E-state index in [1.807, 2.05) is 0 Å². The smallest absolute Gasteiger partial charge is 0.461 e. The number of aliphatic hydroxyl groups excluding tert-OH is 1. The van der Waals surface area contributed by atoms with Crippen molar-refractivity contribution in [1.82, 2.24) is 14.6 Å². The molecule has 4 unspecified atom stereocenters. The van der Waals surface area contributed by atoms with Crippen LogP contribution in [0.3, 0.4) is 0 Å². The van der Waals surface area contributed by atoms with Crippen LogP contribution in [0.15, 0.2) is 64.1 Å². The third kappa shape index (κ3) is 8.32. The lowest BCUT2D eigenvalue weighted by Gasteiger charge is -2.26. The van der Waals surface area contributed by atoms with Crippen LogP contribution in [0.5, 0.6) is 5.75 Å². The topological polar surface area (TPSA) is 158 Å². The number of allylic oxidation sites excluding steroid dienone is 2. The molecule has 39 heavy (non-hydrogen) atoms. The fourth-order valence-corrected chi connectivity index (χ4v) is 5.20. The summed E-state index contributed by atoms with van der Waals surface area (Å²) in [6.45, 7) is 3.02. The summed E-state index contributed by atoms with van der Waals surface area (Å²) in [5, 5.41) is 13.1. The van der Waals surface area contributed by atoms with Crippen molar-refractivity contribution < 1.29 is 37.4 Å². The van der Waals surface area contributed by atoms with Gasteiger partial charge >= 0.3 is 19.4 Å². The van der Waals surface area contributed by atoms with Crippen LogP contribution in [-0.2, 0) is 23.4 Å². The second-order valence-corrected chi connectivity index (χ2v) is 10.4. The van der Waals surface area contributed by atoms with E-state index in [0.29, 0.717) is 24.7 Å². The van der Waals surface area contributed by atoms with E-state index in [9.17, 15) is 28.4 Å². The Balaban J connectivity index is 1.80. The van der Waals surface area contributed by atoms with Gasteiger partial charge in [-0.1, -0.05) is 30.4 Å². The molecule has 12 nitrogen and oxygen atoms in total. The summed E-state index contributed by atoms with van der Waals surface area (Å²) in [6, 6.07) is 6.89. The molecule has 5 atom stereocenters. The third-order valence-electron chi connectivity index (χ3n) is 5.66. The number of carbonyl (C=O) groups excluding carboxylic acids is 1. The molecule has 1 aliphatic rings. The van der Waals surface area contributed by atoms with Crippen molar-refractivity contribution in [3.05, 3.63) is 80.9 Å². The molecular weight excluding hydrogens is 536 g/mol. The van der Waals surface area contributed by atoms with Gasteiger partial charge in [0.25, 0.3) is 5.56 Å². The van der Waals surface area contributed by atoms with Gasteiger partial charge in [-0.3, -0.25) is 23.7 Å². The predicted octanol–water partition coefficient (Wildman–Crippen LogP) is 3.16. The largest absolute Gasteiger partial charge is 0.468 e. The average molecular weight is 568 g/mol. The zero-order valence-corrected chi connectivity index (χ0v) is 22.5. The van der Waals surface area contributed by atoms with Gasteiger partial charge in [0.15, 0.2) is 6.29 Å². The fraction of sp³-hybridized carbons (Fsp3) is 0.400. The average Bonchev–Trinajstić information content (AvgIpc) is 3.26. The van der Waals surface area contributed by atoms with E-state index in [1.54, 1.807) is 31.2 Å². The number of hydrogen-bond donors (Lipinski definition) is 3. The molecule has 0 bridgehead atoms. The minimum absolute atomic E-state index is 0.130. The summed E-state index contributed by atoms with van der Waals surface area (Å²) in [5.74, 6) is -0.586. The van der Waals surface area contributed by atoms with Crippen molar-refractivity contribution in [2.75, 3.05) is 7.11 Å². The number of nitrogens with one attached hydrogen (secondary N) is 2. The number of para-hydroxylation sites is 1. The van der Waals surface area contributed by atoms with Gasteiger partial charge in [-0.15, -0.1) is 0 Å². The van der Waals surface area contributed by atoms with E-state index >= 15 is 0 Å². The molecule has 14 heteroatoms. The Morgan fingerprint density at radius 2 is 2.08 bits per heavy atom. The standard InChI is InChI=1S/C25H31FN3O9P/c1-16(14-26)9-7-8-10-18-15-29(25(33)27-22(18)31)21-13-20(30)24(36-21)38-39(34,28-17(2)23(32)35-3)37-19-11-5-4-6-12-19/h4-6,8,10-12,14-15,17,20-21,24,30H,7,9,13H2,1-3H3,(H,28,34)(H,27,31,33)/b10-8+,16-14?/t17-,20?,21?,24?,39?/m0/s1. The van der Waals surface area contributed by atoms with Crippen molar-refractivity contribution in [1.29, 1.82) is 0 Å². The lowest BCUT2D eigenvalue weighted by atomic mass is 10.1. The number of benzene rings is 1. The molecule has 0 aliphatic carbocycles. The van der Waals surface area contributed by atoms with E-state index in [1.165, 1.54) is 31.3 Å². The number of aromatic nitrogens is 2. The highest BCUT2D eigenvalue weighted by Crippen LogP contribution is 2.48. The summed E-state index contributed by atoms with van der Waals surface area (Å²) in [6.07, 6.45) is 1.70. The molecule has 1 aliphatic heterocycles. The molecular formula is C25H31FN3O9P. The molecule has 212 valence electrons. The first kappa shape index (κ1) is 30.2. The van der Waals surface area contributed by atoms with Gasteiger partial charge in [-0.05, 0) is 44.4 Å². The van der Waals surface area contributed by atoms with E-state index in [4.69, 9.17) is 13.8 Å². The third-order valence-corrected chi connectivity index (χ3v) is 7.30. The number of ether oxygens (including phenoxy) is 2. The van der Waals surface area contributed by atoms with Crippen LogP contribution in [0.4, 0.5) is 4.39 Å². The zero-order chi connectivity index (χ0) is 28.6. The Bertz CT molecular complexity index is 1360. The molecule has 1 aromatic heterocycles. The summed E-state index contributed by atoms with van der Waals surface area (Å²) in [5.41, 5.74) is -0.766. The maximum atomic E-state index is 13.6. The lowest BCUT2D eigenvalue weighted by molar-refractivity contribution is -0.143. The highest BCUT2D eigenvalue weighted by Gasteiger charge is 2.43. The molecule has 2 aromatic rings. The van der Waals surface area contributed by atoms with E-state index in [-0.39, 0.29) is 17.7 Å². The summed E-state index contributed by atoms with van der Waals surface area (Å²) in [7, 11) is -3.19. The van der Waals surface area contributed by atoms with Crippen LogP contribution < -0.4 is 20.9 Å². The summed E-state index contributed by atoms with van der Waals surface area (Å²) >= 11 is 0. The SMILES string of the molecule is COC(=O)[C@H](C)NP(=O)(Oc1ccccc1)OC1OC(n2cc(/C=C/CCC(C)=CF)c(=O)[nH]c2=O)CC1O. The first-order chi connectivity index (χ1) is 18.5. The Morgan fingerprint density at radius 1 is 1.36 bits per heavy atom. The van der Waals surface area contributed by atoms with E-state index in [0.717, 1.165) is 11.7 Å². The van der Waals surface area contributed by atoms with Crippen molar-refractivity contribution in [2.24, 2.45) is 0 Å². The highest BCUT2D eigenvalue weighted by molar-refractivity contribution is 7.52. The van der Waals surface area contributed by atoms with Crippen LogP contribution in [0.25, 0.3) is 6.08 Å². The van der Waals surface area contributed by atoms with Gasteiger partial charge in [0.1, 0.15) is 24.1 Å². The quantitative estimate of drug-likeness (QED) is 0.257. The molecule has 0 amide bonds. The Morgan fingerprint density at radius 3 is 2.74 bits per heavy atom. The van der Waals surface area contributed by atoms with Crippen LogP contribution >= 0.6 is 7.75 Å². The van der Waals surface area contributed by atoms with Gasteiger partial charge in [0.05, 0.1) is 19.0 Å². The number of nitrogens with zero attached hydrogens (tertiary/aromatic N) is 1. The minimum atomic E-state index is -4.35. The number of hydrogen-bond acceptors (Lipinski definition) is 9. The number of aliphatic hydroxyl groups is 1. The van der Waals surface area contributed by atoms with Crippen LogP contribution in [-0.4, -0.2) is 46.2 Å². The number of methoxy groups -OCH3 is 1. The zero-order valence-electron chi connectivity index (χ0n) is 21.6. The fourth-order valence-electron chi connectivity index (χ4n) is 3.60. The van der Waals surface area contributed by atoms with E-state index in [2.05, 4.69) is 14.8 Å². The normalized spacial score (nSPS) is 22.0. The molecule has 3 N–H and O–H groups in total. The van der Waals surface area contributed by atoms with Crippen LogP contribution in [0, 0.1) is 0 Å². The van der Waals surface area contributed by atoms with Crippen LogP contribution in [0.2, 0.25) is 0 Å². The maximum Gasteiger partial charge on any atom is 0.461 e. The van der Waals surface area contributed by atoms with Crippen LogP contribution in [0.1, 0.15) is 44.9 Å². The van der Waals surface area contributed by atoms with Gasteiger partial charge in [-0.25, -0.2) is 13.8 Å². The van der Waals surface area contributed by atoms with E-state index < -0.39 is 49.6 Å². The van der Waals surface area contributed by atoms with Gasteiger partial charge in [0.2, 0.25) is 0 Å². The Kier molecular flexibility index (Phi) is 10.6. The first-order valence-electron chi connectivity index (χ1n) is 12.1. The molecule has 0 saturated carbocycles. The monoisotopic (exact) mass is 567 g/mol. The number of halogens is 1. The predicted molar refractivity (Wildman–Crippen MR) is 139 cm³/mol. The molecule has 0 spiro atoms. The second kappa shape index (κ2) is 13.6. The molecule has 3 rings (SSSR count). The molecule has 2 heterocycles. The minimum Gasteiger partial charge on any atom is -0.468 e. The van der Waals surface area contributed by atoms with Gasteiger partial charge < -0.3 is 19.1 Å². The molecule has 1 saturated heterocycles. The number of H-pyrrole nitrogens is 1. The van der Waals surface area contributed by atoms with Crippen molar-refractivity contribution in [3.63, 3.8) is 0 Å². The maximum absolute atomic E-state index is 13.6. The van der Waals surface area contributed by atoms with Crippen molar-refractivity contribution in [3.8, 4) is 5.75 Å². The lowest BCUT2D eigenvalue weighted by Crippen LogP contribution is -2.37. The number of aromatic amines is 1. The number of esters is 1. The van der Waals surface area contributed by atoms with Gasteiger partial charge in [0, 0.05) is 12.6 Å². The number of carbonyl (C=O) groups is 1. The molecule has 1 fully saturated rings. The Hall–Kier alpha value is -3.35. The van der Waals surface area contributed by atoms with Gasteiger partial charge in [-0.2, -0.15) is 5.09 Å². The Labute approximate surface area is 223 Å². The summed E-state index contributed by atoms with van der Waals surface area (Å²) in [4.78, 5) is 38.9. The molecule has 1 aromatic carbocycles. The highest BCUT2D eigenvalue weighted by atomic mass is 31.2. The molecule has 0 radical (unpaired) electrons. The second-order valence-electron chi connectivity index (χ2n) is 8.79.